The van der Waals surface area contributed by atoms with Crippen molar-refractivity contribution in [1.82, 2.24) is 15.3 Å². The first-order valence-electron chi connectivity index (χ1n) is 7.80. The number of fused-ring (bicyclic) bond motifs is 1. The van der Waals surface area contributed by atoms with Crippen LogP contribution in [0.3, 0.4) is 0 Å². The molecule has 24 heavy (non-hydrogen) atoms. The summed E-state index contributed by atoms with van der Waals surface area (Å²) in [4.78, 5) is 21.4. The number of aryl methyl sites for hydroxylation is 3. The molecule has 0 saturated heterocycles. The summed E-state index contributed by atoms with van der Waals surface area (Å²) in [6.45, 7) is 6.49. The average molecular weight is 340 g/mol. The average Bonchev–Trinajstić information content (AvgIpc) is 2.93. The third kappa shape index (κ3) is 3.38. The van der Waals surface area contributed by atoms with Gasteiger partial charge in [-0.3, -0.25) is 9.78 Å². The molecular weight excluding hydrogens is 320 g/mol. The molecule has 0 spiro atoms. The molecule has 0 radical (unpaired) electrons. The molecule has 124 valence electrons. The summed E-state index contributed by atoms with van der Waals surface area (Å²) in [5.41, 5.74) is 11.1. The van der Waals surface area contributed by atoms with Crippen LogP contribution in [0, 0.1) is 20.8 Å². The topological polar surface area (TPSA) is 80.9 Å². The molecule has 0 unspecified atom stereocenters. The fraction of sp³-hybridized carbons (Fsp3) is 0.278. The van der Waals surface area contributed by atoms with Crippen molar-refractivity contribution in [3.05, 3.63) is 51.7 Å². The van der Waals surface area contributed by atoms with Gasteiger partial charge in [-0.15, -0.1) is 11.3 Å². The van der Waals surface area contributed by atoms with E-state index in [2.05, 4.69) is 21.4 Å². The van der Waals surface area contributed by atoms with Crippen LogP contribution < -0.4 is 11.1 Å². The molecule has 2 heterocycles. The Balaban J connectivity index is 1.83. The largest absolute Gasteiger partial charge is 0.375 e. The smallest absolute Gasteiger partial charge is 0.252 e. The second-order valence-electron chi connectivity index (χ2n) is 5.97. The monoisotopic (exact) mass is 340 g/mol. The Hall–Kier alpha value is -2.47. The van der Waals surface area contributed by atoms with E-state index in [4.69, 9.17) is 5.73 Å². The number of nitrogens with one attached hydrogen (secondary N) is 1. The lowest BCUT2D eigenvalue weighted by molar-refractivity contribution is 0.0955. The van der Waals surface area contributed by atoms with Gasteiger partial charge in [0.05, 0.1) is 16.8 Å². The van der Waals surface area contributed by atoms with Gasteiger partial charge in [-0.1, -0.05) is 11.6 Å². The van der Waals surface area contributed by atoms with Gasteiger partial charge < -0.3 is 11.1 Å². The van der Waals surface area contributed by atoms with E-state index < -0.39 is 0 Å². The predicted octanol–water partition coefficient (Wildman–Crippen LogP) is 3.17. The summed E-state index contributed by atoms with van der Waals surface area (Å²) >= 11 is 1.41. The quantitative estimate of drug-likeness (QED) is 0.764. The number of pyridine rings is 1. The van der Waals surface area contributed by atoms with Gasteiger partial charge in [0.25, 0.3) is 5.91 Å². The highest BCUT2D eigenvalue weighted by molar-refractivity contribution is 7.13. The Morgan fingerprint density at radius 3 is 2.71 bits per heavy atom. The number of anilines is 1. The summed E-state index contributed by atoms with van der Waals surface area (Å²) in [7, 11) is 0. The van der Waals surface area contributed by atoms with Crippen molar-refractivity contribution in [2.24, 2.45) is 0 Å². The Bertz CT molecular complexity index is 917. The van der Waals surface area contributed by atoms with Crippen LogP contribution in [0.25, 0.3) is 10.9 Å². The molecule has 3 aromatic rings. The van der Waals surface area contributed by atoms with Crippen LogP contribution in [-0.2, 0) is 6.42 Å². The van der Waals surface area contributed by atoms with Crippen LogP contribution in [0.1, 0.15) is 32.9 Å². The van der Waals surface area contributed by atoms with Crippen molar-refractivity contribution in [2.45, 2.75) is 27.2 Å². The van der Waals surface area contributed by atoms with Crippen molar-refractivity contribution in [3.63, 3.8) is 0 Å². The third-order valence-corrected chi connectivity index (χ3v) is 4.58. The standard InChI is InChI=1S/C18H20N4OS/c1-10-6-11(2)16-14(7-10)15(8-12(3)21-16)17(23)20-5-4-13-9-24-18(19)22-13/h6-9H,4-5H2,1-3H3,(H2,19,22)(H,20,23). The molecule has 0 atom stereocenters. The number of carbonyl (C=O) groups excluding carboxylic acids is 1. The second kappa shape index (κ2) is 6.57. The van der Waals surface area contributed by atoms with Crippen LogP contribution in [0.4, 0.5) is 5.13 Å². The van der Waals surface area contributed by atoms with Crippen LogP contribution >= 0.6 is 11.3 Å². The van der Waals surface area contributed by atoms with E-state index in [1.165, 1.54) is 11.3 Å². The van der Waals surface area contributed by atoms with E-state index in [0.29, 0.717) is 23.7 Å². The number of benzene rings is 1. The van der Waals surface area contributed by atoms with Gasteiger partial charge >= 0.3 is 0 Å². The van der Waals surface area contributed by atoms with E-state index in [1.807, 2.05) is 38.3 Å². The van der Waals surface area contributed by atoms with Gasteiger partial charge in [0.1, 0.15) is 0 Å². The zero-order chi connectivity index (χ0) is 17.3. The van der Waals surface area contributed by atoms with Crippen molar-refractivity contribution < 1.29 is 4.79 Å². The highest BCUT2D eigenvalue weighted by atomic mass is 32.1. The van der Waals surface area contributed by atoms with Crippen LogP contribution in [-0.4, -0.2) is 22.4 Å². The molecule has 0 fully saturated rings. The molecule has 0 aliphatic carbocycles. The first-order chi connectivity index (χ1) is 11.4. The maximum absolute atomic E-state index is 12.6. The zero-order valence-electron chi connectivity index (χ0n) is 14.0. The number of rotatable bonds is 4. The number of aromatic nitrogens is 2. The van der Waals surface area contributed by atoms with E-state index in [0.717, 1.165) is 33.4 Å². The Morgan fingerprint density at radius 2 is 2.00 bits per heavy atom. The number of amides is 1. The minimum atomic E-state index is -0.0845. The van der Waals surface area contributed by atoms with Crippen molar-refractivity contribution >= 4 is 33.3 Å². The molecular formula is C18H20N4OS. The van der Waals surface area contributed by atoms with E-state index in [1.54, 1.807) is 0 Å². The molecule has 0 aliphatic heterocycles. The first kappa shape index (κ1) is 16.4. The lowest BCUT2D eigenvalue weighted by Crippen LogP contribution is -2.26. The van der Waals surface area contributed by atoms with Crippen molar-refractivity contribution in [1.29, 1.82) is 0 Å². The molecule has 3 N–H and O–H groups in total. The molecule has 6 heteroatoms. The number of nitrogens with zero attached hydrogens (tertiary/aromatic N) is 2. The minimum absolute atomic E-state index is 0.0845. The number of hydrogen-bond acceptors (Lipinski definition) is 5. The van der Waals surface area contributed by atoms with Gasteiger partial charge in [0.2, 0.25) is 0 Å². The summed E-state index contributed by atoms with van der Waals surface area (Å²) < 4.78 is 0. The normalized spacial score (nSPS) is 11.0. The number of hydrogen-bond donors (Lipinski definition) is 2. The van der Waals surface area contributed by atoms with Crippen LogP contribution in [0.2, 0.25) is 0 Å². The third-order valence-electron chi connectivity index (χ3n) is 3.86. The van der Waals surface area contributed by atoms with Gasteiger partial charge in [0, 0.05) is 29.4 Å². The summed E-state index contributed by atoms with van der Waals surface area (Å²) in [6.07, 6.45) is 0.666. The summed E-state index contributed by atoms with van der Waals surface area (Å²) in [6, 6.07) is 5.95. The molecule has 1 aromatic carbocycles. The highest BCUT2D eigenvalue weighted by Crippen LogP contribution is 2.23. The Kier molecular flexibility index (Phi) is 4.49. The molecule has 0 saturated carbocycles. The fourth-order valence-electron chi connectivity index (χ4n) is 2.83. The van der Waals surface area contributed by atoms with Gasteiger partial charge in [-0.2, -0.15) is 0 Å². The van der Waals surface area contributed by atoms with Crippen LogP contribution in [0.5, 0.6) is 0 Å². The summed E-state index contributed by atoms with van der Waals surface area (Å²) in [5, 5.41) is 6.34. The van der Waals surface area contributed by atoms with Crippen LogP contribution in [0.15, 0.2) is 23.6 Å². The molecule has 0 bridgehead atoms. The lowest BCUT2D eigenvalue weighted by Gasteiger charge is -2.11. The zero-order valence-corrected chi connectivity index (χ0v) is 14.8. The Morgan fingerprint density at radius 1 is 1.21 bits per heavy atom. The lowest BCUT2D eigenvalue weighted by atomic mass is 10.0. The molecule has 1 amide bonds. The summed E-state index contributed by atoms with van der Waals surface area (Å²) in [5.74, 6) is -0.0845. The second-order valence-corrected chi connectivity index (χ2v) is 6.86. The van der Waals surface area contributed by atoms with E-state index in [9.17, 15) is 4.79 Å². The maximum Gasteiger partial charge on any atom is 0.252 e. The highest BCUT2D eigenvalue weighted by Gasteiger charge is 2.13. The predicted molar refractivity (Wildman–Crippen MR) is 98.5 cm³/mol. The SMILES string of the molecule is Cc1cc(C)c2nc(C)cc(C(=O)NCCc3csc(N)n3)c2c1. The first-order valence-corrected chi connectivity index (χ1v) is 8.68. The maximum atomic E-state index is 12.6. The molecule has 0 aliphatic rings. The molecule has 3 rings (SSSR count). The number of carbonyl (C=O) groups is 1. The fourth-order valence-corrected chi connectivity index (χ4v) is 3.43. The number of nitrogens with two attached hydrogens (primary N) is 1. The number of thiazole rings is 1. The van der Waals surface area contributed by atoms with Gasteiger partial charge in [-0.05, 0) is 38.5 Å². The van der Waals surface area contributed by atoms with Gasteiger partial charge in [-0.25, -0.2) is 4.98 Å². The van der Waals surface area contributed by atoms with Crippen molar-refractivity contribution in [2.75, 3.05) is 12.3 Å². The molecule has 5 nitrogen and oxygen atoms in total. The number of nitrogen functional groups attached to an aromatic ring is 1. The van der Waals surface area contributed by atoms with Gasteiger partial charge in [0.15, 0.2) is 5.13 Å². The Labute approximate surface area is 144 Å². The molecule has 2 aromatic heterocycles. The minimum Gasteiger partial charge on any atom is -0.375 e. The van der Waals surface area contributed by atoms with E-state index in [-0.39, 0.29) is 5.91 Å². The van der Waals surface area contributed by atoms with E-state index >= 15 is 0 Å². The van der Waals surface area contributed by atoms with Crippen molar-refractivity contribution in [3.8, 4) is 0 Å².